The van der Waals surface area contributed by atoms with Gasteiger partial charge in [-0.1, -0.05) is 35.9 Å². The molecule has 0 atom stereocenters. The molecule has 2 aromatic carbocycles. The van der Waals surface area contributed by atoms with Crippen LogP contribution >= 0.6 is 0 Å². The molecule has 2 rings (SSSR count). The predicted molar refractivity (Wildman–Crippen MR) is 92.2 cm³/mol. The number of hydrogen-bond acceptors (Lipinski definition) is 4. The van der Waals surface area contributed by atoms with E-state index in [0.29, 0.717) is 11.4 Å². The van der Waals surface area contributed by atoms with E-state index in [4.69, 9.17) is 9.47 Å². The minimum absolute atomic E-state index is 0.233. The summed E-state index contributed by atoms with van der Waals surface area (Å²) < 4.78 is 10.4. The fraction of sp³-hybridized carbons (Fsp3) is 0.263. The summed E-state index contributed by atoms with van der Waals surface area (Å²) in [6.07, 6.45) is 0. The monoisotopic (exact) mass is 327 g/mol. The quantitative estimate of drug-likeness (QED) is 0.828. The van der Waals surface area contributed by atoms with Crippen LogP contribution in [0.3, 0.4) is 0 Å². The fourth-order valence-corrected chi connectivity index (χ4v) is 2.18. The van der Waals surface area contributed by atoms with Crippen LogP contribution in [-0.2, 0) is 14.3 Å². The molecular weight excluding hydrogens is 306 g/mol. The van der Waals surface area contributed by atoms with E-state index in [9.17, 15) is 9.59 Å². The predicted octanol–water partition coefficient (Wildman–Crippen LogP) is 3.17. The summed E-state index contributed by atoms with van der Waals surface area (Å²) in [4.78, 5) is 23.5. The number of esters is 1. The Bertz CT molecular complexity index is 702. The Balaban J connectivity index is 1.76. The Kier molecular flexibility index (Phi) is 5.95. The molecule has 0 heterocycles. The van der Waals surface area contributed by atoms with Gasteiger partial charge in [0.1, 0.15) is 5.75 Å². The van der Waals surface area contributed by atoms with Gasteiger partial charge >= 0.3 is 5.97 Å². The Labute approximate surface area is 141 Å². The molecule has 0 unspecified atom stereocenters. The zero-order valence-corrected chi connectivity index (χ0v) is 14.1. The number of carbonyl (C=O) groups excluding carboxylic acids is 2. The topological polar surface area (TPSA) is 64.6 Å². The largest absolute Gasteiger partial charge is 0.481 e. The Morgan fingerprint density at radius 1 is 0.917 bits per heavy atom. The molecule has 2 aromatic rings. The number of nitrogens with one attached hydrogen (secondary N) is 1. The van der Waals surface area contributed by atoms with Crippen LogP contribution in [0.5, 0.6) is 5.75 Å². The van der Waals surface area contributed by atoms with Gasteiger partial charge in [-0.15, -0.1) is 0 Å². The van der Waals surface area contributed by atoms with E-state index < -0.39 is 5.97 Å². The second-order valence-electron chi connectivity index (χ2n) is 5.58. The molecule has 1 N–H and O–H groups in total. The lowest BCUT2D eigenvalue weighted by Crippen LogP contribution is -2.23. The number of para-hydroxylation sites is 1. The summed E-state index contributed by atoms with van der Waals surface area (Å²) in [6.45, 7) is 5.20. The maximum atomic E-state index is 11.8. The number of carbonyl (C=O) groups is 2. The van der Waals surface area contributed by atoms with E-state index in [1.807, 2.05) is 51.1 Å². The first-order valence-corrected chi connectivity index (χ1v) is 7.67. The second-order valence-corrected chi connectivity index (χ2v) is 5.58. The molecule has 0 aliphatic carbocycles. The summed E-state index contributed by atoms with van der Waals surface area (Å²) in [7, 11) is 0. The van der Waals surface area contributed by atoms with Crippen LogP contribution in [0.2, 0.25) is 0 Å². The van der Waals surface area contributed by atoms with Crippen molar-refractivity contribution >= 4 is 17.6 Å². The van der Waals surface area contributed by atoms with Gasteiger partial charge < -0.3 is 14.8 Å². The highest BCUT2D eigenvalue weighted by atomic mass is 16.6. The van der Waals surface area contributed by atoms with Crippen molar-refractivity contribution < 1.29 is 19.1 Å². The Morgan fingerprint density at radius 2 is 1.54 bits per heavy atom. The Hall–Kier alpha value is -2.82. The second kappa shape index (κ2) is 8.15. The van der Waals surface area contributed by atoms with Gasteiger partial charge in [-0.05, 0) is 44.0 Å². The molecule has 0 aliphatic rings. The molecule has 0 radical (unpaired) electrons. The van der Waals surface area contributed by atoms with Crippen LogP contribution in [0.4, 0.5) is 5.69 Å². The summed E-state index contributed by atoms with van der Waals surface area (Å²) in [5, 5.41) is 2.66. The molecule has 126 valence electrons. The van der Waals surface area contributed by atoms with Crippen LogP contribution in [0, 0.1) is 20.8 Å². The number of rotatable bonds is 6. The number of aryl methyl sites for hydroxylation is 3. The van der Waals surface area contributed by atoms with Gasteiger partial charge in [0.15, 0.2) is 13.2 Å². The minimum atomic E-state index is -0.586. The first-order valence-electron chi connectivity index (χ1n) is 7.67. The first kappa shape index (κ1) is 17.5. The summed E-state index contributed by atoms with van der Waals surface area (Å²) in [6, 6.07) is 13.1. The lowest BCUT2D eigenvalue weighted by Gasteiger charge is -2.11. The minimum Gasteiger partial charge on any atom is -0.481 e. The highest BCUT2D eigenvalue weighted by molar-refractivity contribution is 5.92. The smallest absolute Gasteiger partial charge is 0.344 e. The van der Waals surface area contributed by atoms with E-state index in [2.05, 4.69) is 5.32 Å². The maximum Gasteiger partial charge on any atom is 0.344 e. The highest BCUT2D eigenvalue weighted by Crippen LogP contribution is 2.22. The molecule has 0 aromatic heterocycles. The molecule has 0 spiro atoms. The molecule has 0 fully saturated rings. The van der Waals surface area contributed by atoms with Gasteiger partial charge in [-0.2, -0.15) is 0 Å². The highest BCUT2D eigenvalue weighted by Gasteiger charge is 2.10. The van der Waals surface area contributed by atoms with Crippen LogP contribution in [0.1, 0.15) is 16.7 Å². The van der Waals surface area contributed by atoms with Crippen molar-refractivity contribution in [2.24, 2.45) is 0 Å². The van der Waals surface area contributed by atoms with Crippen LogP contribution in [0.25, 0.3) is 0 Å². The Morgan fingerprint density at radius 3 is 2.17 bits per heavy atom. The third-order valence-corrected chi connectivity index (χ3v) is 3.44. The zero-order chi connectivity index (χ0) is 17.5. The molecular formula is C19H21NO4. The molecule has 0 saturated heterocycles. The van der Waals surface area contributed by atoms with Crippen molar-refractivity contribution in [2.45, 2.75) is 20.8 Å². The molecule has 1 amide bonds. The number of anilines is 1. The molecule has 5 heteroatoms. The van der Waals surface area contributed by atoms with E-state index in [1.54, 1.807) is 12.1 Å². The van der Waals surface area contributed by atoms with Crippen molar-refractivity contribution in [3.8, 4) is 5.75 Å². The van der Waals surface area contributed by atoms with Crippen molar-refractivity contribution in [3.05, 3.63) is 59.2 Å². The van der Waals surface area contributed by atoms with Crippen molar-refractivity contribution in [3.63, 3.8) is 0 Å². The van der Waals surface area contributed by atoms with E-state index in [-0.39, 0.29) is 19.1 Å². The number of amides is 1. The average molecular weight is 327 g/mol. The fourth-order valence-electron chi connectivity index (χ4n) is 2.18. The SMILES string of the molecule is Cc1ccc(NC(=O)COC(=O)COc2c(C)cccc2C)cc1. The molecule has 0 saturated carbocycles. The summed E-state index contributed by atoms with van der Waals surface area (Å²) in [5.74, 6) is -0.311. The molecule has 0 aliphatic heterocycles. The number of hydrogen-bond donors (Lipinski definition) is 1. The van der Waals surface area contributed by atoms with Crippen LogP contribution in [-0.4, -0.2) is 25.1 Å². The van der Waals surface area contributed by atoms with E-state index in [1.165, 1.54) is 0 Å². The first-order chi connectivity index (χ1) is 11.5. The lowest BCUT2D eigenvalue weighted by atomic mass is 10.1. The molecule has 0 bridgehead atoms. The molecule has 24 heavy (non-hydrogen) atoms. The average Bonchev–Trinajstić information content (AvgIpc) is 2.54. The van der Waals surface area contributed by atoms with Crippen molar-refractivity contribution in [2.75, 3.05) is 18.5 Å². The maximum absolute atomic E-state index is 11.8. The third kappa shape index (κ3) is 5.12. The van der Waals surface area contributed by atoms with Crippen molar-refractivity contribution in [1.82, 2.24) is 0 Å². The van der Waals surface area contributed by atoms with Crippen LogP contribution < -0.4 is 10.1 Å². The van der Waals surface area contributed by atoms with Crippen LogP contribution in [0.15, 0.2) is 42.5 Å². The lowest BCUT2D eigenvalue weighted by molar-refractivity contribution is -0.149. The number of ether oxygens (including phenoxy) is 2. The third-order valence-electron chi connectivity index (χ3n) is 3.44. The normalized spacial score (nSPS) is 10.1. The van der Waals surface area contributed by atoms with Gasteiger partial charge in [0.2, 0.25) is 0 Å². The zero-order valence-electron chi connectivity index (χ0n) is 14.1. The van der Waals surface area contributed by atoms with Gasteiger partial charge in [-0.3, -0.25) is 4.79 Å². The van der Waals surface area contributed by atoms with E-state index in [0.717, 1.165) is 16.7 Å². The van der Waals surface area contributed by atoms with Gasteiger partial charge in [0, 0.05) is 5.69 Å². The van der Waals surface area contributed by atoms with Gasteiger partial charge in [0.05, 0.1) is 0 Å². The number of benzene rings is 2. The van der Waals surface area contributed by atoms with Gasteiger partial charge in [-0.25, -0.2) is 4.79 Å². The molecule has 5 nitrogen and oxygen atoms in total. The van der Waals surface area contributed by atoms with E-state index >= 15 is 0 Å². The van der Waals surface area contributed by atoms with Gasteiger partial charge in [0.25, 0.3) is 5.91 Å². The summed E-state index contributed by atoms with van der Waals surface area (Å²) >= 11 is 0. The van der Waals surface area contributed by atoms with Crippen molar-refractivity contribution in [1.29, 1.82) is 0 Å². The summed E-state index contributed by atoms with van der Waals surface area (Å²) in [5.41, 5.74) is 3.65. The standard InChI is InChI=1S/C19H21NO4/c1-13-7-9-16(10-8-13)20-17(21)11-23-18(22)12-24-19-14(2)5-4-6-15(19)3/h4-10H,11-12H2,1-3H3,(H,20,21).